The Morgan fingerprint density at radius 1 is 1.20 bits per heavy atom. The fourth-order valence-corrected chi connectivity index (χ4v) is 2.68. The summed E-state index contributed by atoms with van der Waals surface area (Å²) in [5.74, 6) is -2.76. The Morgan fingerprint density at radius 3 is 2.60 bits per heavy atom. The number of hydrogen-bond acceptors (Lipinski definition) is 3. The van der Waals surface area contributed by atoms with Crippen LogP contribution in [0.15, 0.2) is 47.4 Å². The molecule has 128 valence electrons. The zero-order chi connectivity index (χ0) is 18.1. The number of pyridine rings is 1. The Morgan fingerprint density at radius 2 is 1.96 bits per heavy atom. The molecule has 0 saturated heterocycles. The largest absolute Gasteiger partial charge is 0.494 e. The van der Waals surface area contributed by atoms with Gasteiger partial charge in [-0.1, -0.05) is 12.1 Å². The number of benzene rings is 2. The van der Waals surface area contributed by atoms with Gasteiger partial charge in [-0.25, -0.2) is 13.6 Å². The monoisotopic (exact) mass is 345 g/mol. The maximum atomic E-state index is 14.1. The van der Waals surface area contributed by atoms with Gasteiger partial charge in [0.05, 0.1) is 18.0 Å². The van der Waals surface area contributed by atoms with E-state index in [-0.39, 0.29) is 23.2 Å². The first kappa shape index (κ1) is 16.6. The third-order valence-corrected chi connectivity index (χ3v) is 3.86. The van der Waals surface area contributed by atoms with E-state index in [4.69, 9.17) is 4.74 Å². The molecule has 0 fully saturated rings. The molecule has 7 heteroatoms. The minimum absolute atomic E-state index is 0.0570. The van der Waals surface area contributed by atoms with E-state index < -0.39 is 28.6 Å². The number of carboxylic acids is 1. The summed E-state index contributed by atoms with van der Waals surface area (Å²) in [5.41, 5.74) is -0.709. The van der Waals surface area contributed by atoms with Crippen molar-refractivity contribution in [1.82, 2.24) is 4.57 Å². The van der Waals surface area contributed by atoms with E-state index in [0.29, 0.717) is 5.56 Å². The Kier molecular flexibility index (Phi) is 4.22. The maximum absolute atomic E-state index is 14.1. The van der Waals surface area contributed by atoms with Gasteiger partial charge < -0.3 is 14.4 Å². The van der Waals surface area contributed by atoms with Gasteiger partial charge in [-0.15, -0.1) is 0 Å². The highest BCUT2D eigenvalue weighted by Gasteiger charge is 2.17. The van der Waals surface area contributed by atoms with Gasteiger partial charge in [0.1, 0.15) is 11.4 Å². The normalized spacial score (nSPS) is 10.8. The highest BCUT2D eigenvalue weighted by Crippen LogP contribution is 2.21. The molecule has 1 heterocycles. The zero-order valence-corrected chi connectivity index (χ0v) is 13.1. The Bertz CT molecular complexity index is 1040. The topological polar surface area (TPSA) is 68.5 Å². The standard InChI is InChI=1S/C18H13F2NO4/c1-25-15-6-5-10(7-13(15)20)8-21-9-11(18(23)24)17(22)16-12(19)3-2-4-14(16)21/h2-7,9H,8H2,1H3,(H,23,24). The Hall–Kier alpha value is -3.22. The van der Waals surface area contributed by atoms with Crippen LogP contribution in [0.5, 0.6) is 5.75 Å². The minimum Gasteiger partial charge on any atom is -0.494 e. The van der Waals surface area contributed by atoms with Gasteiger partial charge in [-0.05, 0) is 29.8 Å². The predicted molar refractivity (Wildman–Crippen MR) is 87.2 cm³/mol. The third kappa shape index (κ3) is 2.96. The molecular formula is C18H13F2NO4. The van der Waals surface area contributed by atoms with Gasteiger partial charge in [0, 0.05) is 12.7 Å². The molecule has 3 rings (SSSR count). The number of aromatic carboxylic acids is 1. The summed E-state index contributed by atoms with van der Waals surface area (Å²) in [4.78, 5) is 23.5. The lowest BCUT2D eigenvalue weighted by Gasteiger charge is -2.13. The number of rotatable bonds is 4. The Balaban J connectivity index is 2.20. The number of methoxy groups -OCH3 is 1. The number of carbonyl (C=O) groups is 1. The second-order valence-electron chi connectivity index (χ2n) is 5.41. The van der Waals surface area contributed by atoms with Crippen LogP contribution in [-0.4, -0.2) is 22.8 Å². The van der Waals surface area contributed by atoms with Crippen LogP contribution in [0.1, 0.15) is 15.9 Å². The molecule has 0 aliphatic carbocycles. The maximum Gasteiger partial charge on any atom is 0.341 e. The molecule has 2 aromatic carbocycles. The molecule has 1 N–H and O–H groups in total. The van der Waals surface area contributed by atoms with Crippen molar-refractivity contribution in [2.24, 2.45) is 0 Å². The highest BCUT2D eigenvalue weighted by atomic mass is 19.1. The number of carboxylic acid groups (broad SMARTS) is 1. The van der Waals surface area contributed by atoms with Crippen LogP contribution in [0.2, 0.25) is 0 Å². The fourth-order valence-electron chi connectivity index (χ4n) is 2.68. The van der Waals surface area contributed by atoms with E-state index >= 15 is 0 Å². The zero-order valence-electron chi connectivity index (χ0n) is 13.1. The first-order valence-corrected chi connectivity index (χ1v) is 7.29. The second kappa shape index (κ2) is 6.35. The number of fused-ring (bicyclic) bond motifs is 1. The summed E-state index contributed by atoms with van der Waals surface area (Å²) in [5, 5.41) is 8.90. The lowest BCUT2D eigenvalue weighted by atomic mass is 10.1. The molecule has 25 heavy (non-hydrogen) atoms. The molecule has 0 bridgehead atoms. The molecule has 3 aromatic rings. The van der Waals surface area contributed by atoms with E-state index in [1.54, 1.807) is 6.07 Å². The smallest absolute Gasteiger partial charge is 0.341 e. The minimum atomic E-state index is -1.45. The van der Waals surface area contributed by atoms with Crippen LogP contribution >= 0.6 is 0 Å². The second-order valence-corrected chi connectivity index (χ2v) is 5.41. The lowest BCUT2D eigenvalue weighted by molar-refractivity contribution is 0.0695. The quantitative estimate of drug-likeness (QED) is 0.789. The van der Waals surface area contributed by atoms with Crippen molar-refractivity contribution < 1.29 is 23.4 Å². The van der Waals surface area contributed by atoms with Crippen molar-refractivity contribution in [3.63, 3.8) is 0 Å². The molecule has 0 aliphatic heterocycles. The van der Waals surface area contributed by atoms with E-state index in [1.165, 1.54) is 35.9 Å². The SMILES string of the molecule is COc1ccc(Cn2cc(C(=O)O)c(=O)c3c(F)cccc32)cc1F. The van der Waals surface area contributed by atoms with Gasteiger partial charge in [0.25, 0.3) is 0 Å². The van der Waals surface area contributed by atoms with E-state index in [0.717, 1.165) is 12.3 Å². The molecule has 0 radical (unpaired) electrons. The first-order valence-electron chi connectivity index (χ1n) is 7.29. The van der Waals surface area contributed by atoms with E-state index in [1.807, 2.05) is 0 Å². The average Bonchev–Trinajstić information content (AvgIpc) is 2.57. The molecule has 0 spiro atoms. The van der Waals surface area contributed by atoms with Crippen molar-refractivity contribution in [3.05, 3.63) is 75.6 Å². The van der Waals surface area contributed by atoms with Crippen LogP contribution in [0.25, 0.3) is 10.9 Å². The molecule has 0 atom stereocenters. The molecule has 0 saturated carbocycles. The van der Waals surface area contributed by atoms with Crippen LogP contribution in [0.4, 0.5) is 8.78 Å². The summed E-state index contributed by atoms with van der Waals surface area (Å²) in [6, 6.07) is 8.29. The summed E-state index contributed by atoms with van der Waals surface area (Å²) in [6.45, 7) is 0.0570. The van der Waals surface area contributed by atoms with Crippen molar-refractivity contribution in [3.8, 4) is 5.75 Å². The van der Waals surface area contributed by atoms with Crippen LogP contribution < -0.4 is 10.2 Å². The summed E-state index contributed by atoms with van der Waals surface area (Å²) in [7, 11) is 1.34. The summed E-state index contributed by atoms with van der Waals surface area (Å²) in [6.07, 6.45) is 1.13. The Labute approximate surface area is 140 Å². The lowest BCUT2D eigenvalue weighted by Crippen LogP contribution is -2.20. The van der Waals surface area contributed by atoms with Crippen molar-refractivity contribution in [2.45, 2.75) is 6.54 Å². The van der Waals surface area contributed by atoms with Crippen molar-refractivity contribution in [1.29, 1.82) is 0 Å². The highest BCUT2D eigenvalue weighted by molar-refractivity contribution is 5.92. The molecule has 0 aliphatic rings. The predicted octanol–water partition coefficient (Wildman–Crippen LogP) is 3.03. The van der Waals surface area contributed by atoms with Crippen LogP contribution in [0, 0.1) is 11.6 Å². The van der Waals surface area contributed by atoms with Gasteiger partial charge in [-0.2, -0.15) is 0 Å². The number of ether oxygens (including phenoxy) is 1. The molecule has 0 amide bonds. The van der Waals surface area contributed by atoms with Gasteiger partial charge in [0.2, 0.25) is 5.43 Å². The molecule has 1 aromatic heterocycles. The van der Waals surface area contributed by atoms with E-state index in [2.05, 4.69) is 0 Å². The first-order chi connectivity index (χ1) is 11.9. The van der Waals surface area contributed by atoms with Crippen LogP contribution in [-0.2, 0) is 6.54 Å². The average molecular weight is 345 g/mol. The van der Waals surface area contributed by atoms with Crippen molar-refractivity contribution >= 4 is 16.9 Å². The molecule has 5 nitrogen and oxygen atoms in total. The van der Waals surface area contributed by atoms with Gasteiger partial charge in [0.15, 0.2) is 11.6 Å². The van der Waals surface area contributed by atoms with Gasteiger partial charge in [-0.3, -0.25) is 4.79 Å². The van der Waals surface area contributed by atoms with Crippen LogP contribution in [0.3, 0.4) is 0 Å². The number of hydrogen-bond donors (Lipinski definition) is 1. The number of halogens is 2. The molecular weight excluding hydrogens is 332 g/mol. The summed E-state index contributed by atoms with van der Waals surface area (Å²) >= 11 is 0. The van der Waals surface area contributed by atoms with Crippen molar-refractivity contribution in [2.75, 3.05) is 7.11 Å². The van der Waals surface area contributed by atoms with Gasteiger partial charge >= 0.3 is 5.97 Å². The molecule has 0 unspecified atom stereocenters. The fraction of sp³-hybridized carbons (Fsp3) is 0.111. The third-order valence-electron chi connectivity index (χ3n) is 3.86. The van der Waals surface area contributed by atoms with E-state index in [9.17, 15) is 23.5 Å². The summed E-state index contributed by atoms with van der Waals surface area (Å²) < 4.78 is 34.2. The number of nitrogens with zero attached hydrogens (tertiary/aromatic N) is 1. The number of aromatic nitrogens is 1.